The number of benzene rings is 1. The maximum absolute atomic E-state index is 12.4. The Bertz CT molecular complexity index is 338. The van der Waals surface area contributed by atoms with Crippen molar-refractivity contribution in [1.82, 2.24) is 5.32 Å². The largest absolute Gasteiger partial charge is 0.445 e. The first kappa shape index (κ1) is 12.5. The molecule has 1 N–H and O–H groups in total. The third-order valence-corrected chi connectivity index (χ3v) is 1.99. The van der Waals surface area contributed by atoms with Crippen LogP contribution < -0.4 is 5.32 Å². The summed E-state index contributed by atoms with van der Waals surface area (Å²) in [5, 5.41) is 2.44. The first-order chi connectivity index (χ1) is 7.53. The smallest absolute Gasteiger partial charge is 0.407 e. The Morgan fingerprint density at radius 3 is 2.56 bits per heavy atom. The molecule has 0 radical (unpaired) electrons. The van der Waals surface area contributed by atoms with Crippen molar-refractivity contribution in [3.05, 3.63) is 35.9 Å². The first-order valence-corrected chi connectivity index (χ1v) is 5.08. The van der Waals surface area contributed by atoms with Gasteiger partial charge in [-0.2, -0.15) is 0 Å². The molecule has 0 spiro atoms. The molecule has 0 heterocycles. The van der Waals surface area contributed by atoms with Crippen molar-refractivity contribution in [2.45, 2.75) is 26.0 Å². The van der Waals surface area contributed by atoms with Crippen molar-refractivity contribution in [2.24, 2.45) is 0 Å². The molecule has 1 aromatic rings. The molecule has 1 rings (SSSR count). The molecule has 0 atom stereocenters. The van der Waals surface area contributed by atoms with E-state index in [9.17, 15) is 9.18 Å². The topological polar surface area (TPSA) is 38.3 Å². The first-order valence-electron chi connectivity index (χ1n) is 5.08. The zero-order chi connectivity index (χ0) is 12.0. The van der Waals surface area contributed by atoms with Gasteiger partial charge < -0.3 is 10.1 Å². The Labute approximate surface area is 94.6 Å². The minimum atomic E-state index is -0.881. The van der Waals surface area contributed by atoms with Crippen LogP contribution in [0.4, 0.5) is 9.18 Å². The van der Waals surface area contributed by atoms with E-state index in [0.717, 1.165) is 5.56 Å². The Balaban J connectivity index is 2.36. The van der Waals surface area contributed by atoms with Gasteiger partial charge in [-0.05, 0) is 19.4 Å². The van der Waals surface area contributed by atoms with Crippen molar-refractivity contribution in [2.75, 3.05) is 6.67 Å². The van der Waals surface area contributed by atoms with Gasteiger partial charge in [0.15, 0.2) is 0 Å². The second-order valence-electron chi connectivity index (χ2n) is 4.20. The van der Waals surface area contributed by atoms with Gasteiger partial charge >= 0.3 is 6.09 Å². The number of alkyl carbamates (subject to hydrolysis) is 1. The number of carbonyl (C=O) groups is 1. The molecule has 0 saturated carbocycles. The van der Waals surface area contributed by atoms with Gasteiger partial charge in [0.05, 0.1) is 5.54 Å². The van der Waals surface area contributed by atoms with Crippen LogP contribution in [0.1, 0.15) is 19.4 Å². The molecule has 0 aliphatic carbocycles. The zero-order valence-corrected chi connectivity index (χ0v) is 9.50. The molecule has 16 heavy (non-hydrogen) atoms. The number of alkyl halides is 1. The van der Waals surface area contributed by atoms with Gasteiger partial charge in [-0.3, -0.25) is 0 Å². The van der Waals surface area contributed by atoms with Crippen LogP contribution in [0.25, 0.3) is 0 Å². The molecule has 1 aromatic carbocycles. The molecule has 4 heteroatoms. The summed E-state index contributed by atoms with van der Waals surface area (Å²) in [7, 11) is 0. The molecular formula is C12H16FNO2. The minimum Gasteiger partial charge on any atom is -0.445 e. The predicted molar refractivity (Wildman–Crippen MR) is 59.8 cm³/mol. The lowest BCUT2D eigenvalue weighted by molar-refractivity contribution is 0.125. The van der Waals surface area contributed by atoms with E-state index in [1.165, 1.54) is 0 Å². The van der Waals surface area contributed by atoms with E-state index >= 15 is 0 Å². The highest BCUT2D eigenvalue weighted by Gasteiger charge is 2.20. The van der Waals surface area contributed by atoms with E-state index in [1.807, 2.05) is 30.3 Å². The number of rotatable bonds is 4. The lowest BCUT2D eigenvalue weighted by Gasteiger charge is -2.21. The van der Waals surface area contributed by atoms with Crippen molar-refractivity contribution >= 4 is 6.09 Å². The number of ether oxygens (including phenoxy) is 1. The number of carbonyl (C=O) groups excluding carboxylic acids is 1. The van der Waals surface area contributed by atoms with Crippen molar-refractivity contribution in [3.63, 3.8) is 0 Å². The molecular weight excluding hydrogens is 209 g/mol. The van der Waals surface area contributed by atoms with Gasteiger partial charge in [-0.25, -0.2) is 9.18 Å². The number of amides is 1. The summed E-state index contributed by atoms with van der Waals surface area (Å²) in [6.45, 7) is 2.75. The maximum atomic E-state index is 12.4. The molecule has 1 amide bonds. The van der Waals surface area contributed by atoms with Gasteiger partial charge in [0.25, 0.3) is 0 Å². The SMILES string of the molecule is CC(C)(CF)NC(=O)OCc1ccccc1. The summed E-state index contributed by atoms with van der Waals surface area (Å²) in [5.41, 5.74) is 0.0176. The third kappa shape index (κ3) is 4.29. The Hall–Kier alpha value is -1.58. The summed E-state index contributed by atoms with van der Waals surface area (Å²) >= 11 is 0. The highest BCUT2D eigenvalue weighted by atomic mass is 19.1. The molecule has 0 aliphatic rings. The van der Waals surface area contributed by atoms with Crippen LogP contribution in [-0.2, 0) is 11.3 Å². The average molecular weight is 225 g/mol. The molecule has 0 aromatic heterocycles. The van der Waals surface area contributed by atoms with Gasteiger partial charge in [0, 0.05) is 0 Å². The fourth-order valence-electron chi connectivity index (χ4n) is 1.07. The van der Waals surface area contributed by atoms with Gasteiger partial charge in [0.1, 0.15) is 13.3 Å². The van der Waals surface area contributed by atoms with Crippen LogP contribution in [0, 0.1) is 0 Å². The number of hydrogen-bond acceptors (Lipinski definition) is 2. The quantitative estimate of drug-likeness (QED) is 0.855. The van der Waals surface area contributed by atoms with E-state index in [2.05, 4.69) is 5.32 Å². The second kappa shape index (κ2) is 5.49. The highest BCUT2D eigenvalue weighted by Crippen LogP contribution is 2.05. The standard InChI is InChI=1S/C12H16FNO2/c1-12(2,9-13)14-11(15)16-8-10-6-4-3-5-7-10/h3-7H,8-9H2,1-2H3,(H,14,15). The lowest BCUT2D eigenvalue weighted by Crippen LogP contribution is -2.45. The molecule has 0 aliphatic heterocycles. The van der Waals surface area contributed by atoms with Crippen molar-refractivity contribution < 1.29 is 13.9 Å². The second-order valence-corrected chi connectivity index (χ2v) is 4.20. The van der Waals surface area contributed by atoms with E-state index in [1.54, 1.807) is 13.8 Å². The fraction of sp³-hybridized carbons (Fsp3) is 0.417. The lowest BCUT2D eigenvalue weighted by atomic mass is 10.1. The Morgan fingerprint density at radius 2 is 2.00 bits per heavy atom. The van der Waals surface area contributed by atoms with Crippen LogP contribution in [0.2, 0.25) is 0 Å². The van der Waals surface area contributed by atoms with Gasteiger partial charge in [-0.15, -0.1) is 0 Å². The molecule has 3 nitrogen and oxygen atoms in total. The Kier molecular flexibility index (Phi) is 4.28. The van der Waals surface area contributed by atoms with Crippen molar-refractivity contribution in [3.8, 4) is 0 Å². The summed E-state index contributed by atoms with van der Waals surface area (Å²) in [4.78, 5) is 11.3. The highest BCUT2D eigenvalue weighted by molar-refractivity contribution is 5.68. The van der Waals surface area contributed by atoms with E-state index in [-0.39, 0.29) is 6.61 Å². The summed E-state index contributed by atoms with van der Waals surface area (Å²) < 4.78 is 17.4. The molecule has 0 fully saturated rings. The fourth-order valence-corrected chi connectivity index (χ4v) is 1.07. The van der Waals surface area contributed by atoms with Crippen LogP contribution in [0.5, 0.6) is 0 Å². The van der Waals surface area contributed by atoms with Crippen LogP contribution in [0.3, 0.4) is 0 Å². The normalized spacial score (nSPS) is 10.9. The number of halogens is 1. The molecule has 0 bridgehead atoms. The van der Waals surface area contributed by atoms with Gasteiger partial charge in [-0.1, -0.05) is 30.3 Å². The monoisotopic (exact) mass is 225 g/mol. The minimum absolute atomic E-state index is 0.190. The van der Waals surface area contributed by atoms with E-state index in [0.29, 0.717) is 0 Å². The average Bonchev–Trinajstić information content (AvgIpc) is 2.27. The maximum Gasteiger partial charge on any atom is 0.407 e. The number of nitrogens with one attached hydrogen (secondary N) is 1. The number of hydrogen-bond donors (Lipinski definition) is 1. The Morgan fingerprint density at radius 1 is 1.38 bits per heavy atom. The van der Waals surface area contributed by atoms with E-state index in [4.69, 9.17) is 4.74 Å². The summed E-state index contributed by atoms with van der Waals surface area (Å²) in [6, 6.07) is 9.32. The van der Waals surface area contributed by atoms with Crippen LogP contribution >= 0.6 is 0 Å². The third-order valence-electron chi connectivity index (χ3n) is 1.99. The van der Waals surface area contributed by atoms with Crippen LogP contribution in [0.15, 0.2) is 30.3 Å². The van der Waals surface area contributed by atoms with Crippen molar-refractivity contribution in [1.29, 1.82) is 0 Å². The summed E-state index contributed by atoms with van der Waals surface area (Å²) in [6.07, 6.45) is -0.605. The molecule has 0 saturated heterocycles. The van der Waals surface area contributed by atoms with E-state index < -0.39 is 18.3 Å². The predicted octanol–water partition coefficient (Wildman–Crippen LogP) is 2.66. The molecule has 88 valence electrons. The van der Waals surface area contributed by atoms with Gasteiger partial charge in [0.2, 0.25) is 0 Å². The van der Waals surface area contributed by atoms with Crippen LogP contribution in [-0.4, -0.2) is 18.3 Å². The zero-order valence-electron chi connectivity index (χ0n) is 9.50. The summed E-state index contributed by atoms with van der Waals surface area (Å²) in [5.74, 6) is 0. The molecule has 0 unspecified atom stereocenters.